The van der Waals surface area contributed by atoms with Gasteiger partial charge >= 0.3 is 17.8 Å². The molecule has 3 N–H and O–H groups in total. The number of fused-ring (bicyclic) bond motifs is 1. The van der Waals surface area contributed by atoms with Crippen LogP contribution in [0.4, 0.5) is 5.69 Å². The van der Waals surface area contributed by atoms with Gasteiger partial charge in [-0.1, -0.05) is 30.3 Å². The van der Waals surface area contributed by atoms with Crippen LogP contribution in [0.2, 0.25) is 0 Å². The highest BCUT2D eigenvalue weighted by molar-refractivity contribution is 6.37. The zero-order valence-corrected chi connectivity index (χ0v) is 17.6. The lowest BCUT2D eigenvalue weighted by molar-refractivity contribution is -0.152. The van der Waals surface area contributed by atoms with Gasteiger partial charge in [0.05, 0.1) is 25.0 Å². The molecule has 0 aliphatic heterocycles. The second-order valence-corrected chi connectivity index (χ2v) is 6.83. The first-order valence-corrected chi connectivity index (χ1v) is 9.95. The molecule has 1 atom stereocenters. The Morgan fingerprint density at radius 2 is 1.75 bits per heavy atom. The van der Waals surface area contributed by atoms with Crippen molar-refractivity contribution < 1.29 is 28.7 Å². The van der Waals surface area contributed by atoms with Crippen molar-refractivity contribution in [3.8, 4) is 0 Å². The fourth-order valence-electron chi connectivity index (χ4n) is 3.25. The minimum absolute atomic E-state index is 0.0447. The van der Waals surface area contributed by atoms with E-state index in [1.807, 2.05) is 24.3 Å². The first-order valence-electron chi connectivity index (χ1n) is 9.95. The summed E-state index contributed by atoms with van der Waals surface area (Å²) >= 11 is 0. The SMILES string of the molecule is CCOC(=O)C(=O)Nc1ccccc1C(=O)N[C@@H](Cc1c[nH]c2ccccc12)C(=O)OC. The number of rotatable bonds is 7. The Bertz CT molecular complexity index is 1150. The van der Waals surface area contributed by atoms with Gasteiger partial charge in [-0.25, -0.2) is 9.59 Å². The molecular weight excluding hydrogens is 414 g/mol. The van der Waals surface area contributed by atoms with E-state index in [4.69, 9.17) is 4.74 Å². The van der Waals surface area contributed by atoms with Crippen LogP contribution in [0.3, 0.4) is 0 Å². The molecule has 0 bridgehead atoms. The van der Waals surface area contributed by atoms with E-state index in [0.717, 1.165) is 16.5 Å². The first-order chi connectivity index (χ1) is 15.4. The van der Waals surface area contributed by atoms with E-state index in [1.54, 1.807) is 25.3 Å². The number of carbonyl (C=O) groups excluding carboxylic acids is 4. The smallest absolute Gasteiger partial charge is 0.397 e. The Morgan fingerprint density at radius 3 is 2.50 bits per heavy atom. The molecule has 0 unspecified atom stereocenters. The highest BCUT2D eigenvalue weighted by atomic mass is 16.5. The van der Waals surface area contributed by atoms with Gasteiger partial charge in [-0.15, -0.1) is 0 Å². The average molecular weight is 437 g/mol. The van der Waals surface area contributed by atoms with Gasteiger partial charge in [-0.2, -0.15) is 0 Å². The maximum Gasteiger partial charge on any atom is 0.397 e. The average Bonchev–Trinajstić information content (AvgIpc) is 3.21. The molecule has 166 valence electrons. The Labute approximate surface area is 184 Å². The molecule has 0 saturated carbocycles. The van der Waals surface area contributed by atoms with Gasteiger partial charge in [0.2, 0.25) is 0 Å². The molecule has 0 aliphatic rings. The van der Waals surface area contributed by atoms with E-state index in [2.05, 4.69) is 20.4 Å². The Hall–Kier alpha value is -4.14. The molecule has 0 fully saturated rings. The molecule has 2 aromatic carbocycles. The molecule has 9 nitrogen and oxygen atoms in total. The van der Waals surface area contributed by atoms with E-state index in [9.17, 15) is 19.2 Å². The fourth-order valence-corrected chi connectivity index (χ4v) is 3.25. The van der Waals surface area contributed by atoms with Gasteiger partial charge in [0.15, 0.2) is 0 Å². The maximum absolute atomic E-state index is 13.0. The normalized spacial score (nSPS) is 11.4. The summed E-state index contributed by atoms with van der Waals surface area (Å²) in [7, 11) is 1.24. The summed E-state index contributed by atoms with van der Waals surface area (Å²) in [5.41, 5.74) is 1.93. The molecule has 2 amide bonds. The molecule has 0 saturated heterocycles. The number of para-hydroxylation sites is 2. The number of esters is 2. The summed E-state index contributed by atoms with van der Waals surface area (Å²) in [5.74, 6) is -3.29. The van der Waals surface area contributed by atoms with Crippen molar-refractivity contribution in [3.63, 3.8) is 0 Å². The third-order valence-corrected chi connectivity index (χ3v) is 4.77. The topological polar surface area (TPSA) is 127 Å². The molecular formula is C23H23N3O6. The summed E-state index contributed by atoms with van der Waals surface area (Å²) in [6, 6.07) is 12.8. The van der Waals surface area contributed by atoms with Crippen LogP contribution in [0.15, 0.2) is 54.7 Å². The number of nitrogens with one attached hydrogen (secondary N) is 3. The van der Waals surface area contributed by atoms with Gasteiger partial charge in [0.25, 0.3) is 5.91 Å². The molecule has 3 rings (SSSR count). The van der Waals surface area contributed by atoms with E-state index >= 15 is 0 Å². The zero-order valence-electron chi connectivity index (χ0n) is 17.6. The van der Waals surface area contributed by atoms with E-state index in [0.29, 0.717) is 0 Å². The second kappa shape index (κ2) is 10.3. The number of carbonyl (C=O) groups is 4. The van der Waals surface area contributed by atoms with Gasteiger partial charge in [-0.05, 0) is 30.7 Å². The van der Waals surface area contributed by atoms with Crippen molar-refractivity contribution in [2.75, 3.05) is 19.0 Å². The second-order valence-electron chi connectivity index (χ2n) is 6.83. The van der Waals surface area contributed by atoms with E-state index in [1.165, 1.54) is 19.2 Å². The summed E-state index contributed by atoms with van der Waals surface area (Å²) in [6.07, 6.45) is 1.97. The zero-order chi connectivity index (χ0) is 23.1. The van der Waals surface area contributed by atoms with Crippen LogP contribution in [0.25, 0.3) is 10.9 Å². The number of aromatic nitrogens is 1. The fraction of sp³-hybridized carbons (Fsp3) is 0.217. The van der Waals surface area contributed by atoms with Gasteiger partial charge in [-0.3, -0.25) is 9.59 Å². The lowest BCUT2D eigenvalue weighted by Gasteiger charge is -2.18. The molecule has 9 heteroatoms. The standard InChI is InChI=1S/C23H23N3O6/c1-3-32-23(30)21(28)25-18-11-7-5-9-16(18)20(27)26-19(22(29)31-2)12-14-13-24-17-10-6-4-8-15(14)17/h4-11,13,19,24H,3,12H2,1-2H3,(H,25,28)(H,26,27)/t19-/m0/s1. The van der Waals surface area contributed by atoms with Crippen LogP contribution in [-0.4, -0.2) is 48.5 Å². The predicted molar refractivity (Wildman–Crippen MR) is 117 cm³/mol. The van der Waals surface area contributed by atoms with Crippen LogP contribution in [-0.2, 0) is 30.3 Å². The number of anilines is 1. The summed E-state index contributed by atoms with van der Waals surface area (Å²) in [5, 5.41) is 5.96. The van der Waals surface area contributed by atoms with Gasteiger partial charge < -0.3 is 25.1 Å². The number of methoxy groups -OCH3 is 1. The molecule has 3 aromatic rings. The molecule has 1 heterocycles. The highest BCUT2D eigenvalue weighted by Gasteiger charge is 2.26. The predicted octanol–water partition coefficient (Wildman–Crippen LogP) is 2.18. The number of hydrogen-bond donors (Lipinski definition) is 3. The van der Waals surface area contributed by atoms with Crippen molar-refractivity contribution in [3.05, 3.63) is 65.9 Å². The summed E-state index contributed by atoms with van der Waals surface area (Å²) in [6.45, 7) is 1.62. The Morgan fingerprint density at radius 1 is 1.03 bits per heavy atom. The van der Waals surface area contributed by atoms with Crippen LogP contribution in [0.5, 0.6) is 0 Å². The van der Waals surface area contributed by atoms with Crippen molar-refractivity contribution in [1.82, 2.24) is 10.3 Å². The number of H-pyrrole nitrogens is 1. The molecule has 1 aromatic heterocycles. The van der Waals surface area contributed by atoms with Crippen LogP contribution in [0.1, 0.15) is 22.8 Å². The largest absolute Gasteiger partial charge is 0.467 e. The first kappa shape index (κ1) is 22.5. The molecule has 0 aliphatic carbocycles. The number of benzene rings is 2. The molecule has 32 heavy (non-hydrogen) atoms. The third-order valence-electron chi connectivity index (χ3n) is 4.77. The number of ether oxygens (including phenoxy) is 2. The van der Waals surface area contributed by atoms with Crippen molar-refractivity contribution in [2.45, 2.75) is 19.4 Å². The van der Waals surface area contributed by atoms with E-state index in [-0.39, 0.29) is 24.3 Å². The van der Waals surface area contributed by atoms with Crippen LogP contribution in [0, 0.1) is 0 Å². The number of hydrogen-bond acceptors (Lipinski definition) is 6. The third kappa shape index (κ3) is 5.12. The number of amides is 2. The monoisotopic (exact) mass is 437 g/mol. The lowest BCUT2D eigenvalue weighted by atomic mass is 10.0. The Balaban J connectivity index is 1.80. The minimum Gasteiger partial charge on any atom is -0.467 e. The highest BCUT2D eigenvalue weighted by Crippen LogP contribution is 2.20. The summed E-state index contributed by atoms with van der Waals surface area (Å²) < 4.78 is 9.53. The molecule has 0 spiro atoms. The van der Waals surface area contributed by atoms with E-state index < -0.39 is 29.8 Å². The quantitative estimate of drug-likeness (QED) is 0.384. The minimum atomic E-state index is -1.06. The lowest BCUT2D eigenvalue weighted by Crippen LogP contribution is -2.43. The molecule has 0 radical (unpaired) electrons. The van der Waals surface area contributed by atoms with Gasteiger partial charge in [0.1, 0.15) is 6.04 Å². The van der Waals surface area contributed by atoms with Crippen LogP contribution >= 0.6 is 0 Å². The maximum atomic E-state index is 13.0. The van der Waals surface area contributed by atoms with Crippen molar-refractivity contribution >= 4 is 40.3 Å². The van der Waals surface area contributed by atoms with Crippen molar-refractivity contribution in [2.24, 2.45) is 0 Å². The summed E-state index contributed by atoms with van der Waals surface area (Å²) in [4.78, 5) is 52.1. The Kier molecular flexibility index (Phi) is 7.22. The van der Waals surface area contributed by atoms with Crippen LogP contribution < -0.4 is 10.6 Å². The van der Waals surface area contributed by atoms with Crippen molar-refractivity contribution in [1.29, 1.82) is 0 Å². The number of aromatic amines is 1. The van der Waals surface area contributed by atoms with Gasteiger partial charge in [0, 0.05) is 23.5 Å².